The minimum Gasteiger partial charge on any atom is -0.393 e. The summed E-state index contributed by atoms with van der Waals surface area (Å²) in [5.41, 5.74) is 1.06. The molecule has 2 aromatic rings. The molecule has 2 aliphatic rings. The normalized spacial score (nSPS) is 31.1. The van der Waals surface area contributed by atoms with Gasteiger partial charge >= 0.3 is 0 Å². The van der Waals surface area contributed by atoms with Crippen LogP contribution in [0.3, 0.4) is 0 Å². The zero-order valence-electron chi connectivity index (χ0n) is 10.8. The van der Waals surface area contributed by atoms with E-state index >= 15 is 0 Å². The van der Waals surface area contributed by atoms with Gasteiger partial charge in [-0.2, -0.15) is 0 Å². The average molecular weight is 258 g/mol. The lowest BCUT2D eigenvalue weighted by Gasteiger charge is -2.16. The average Bonchev–Trinajstić information content (AvgIpc) is 3.06. The summed E-state index contributed by atoms with van der Waals surface area (Å²) in [4.78, 5) is 11.2. The summed E-state index contributed by atoms with van der Waals surface area (Å²) in [7, 11) is 0. The molecule has 3 atom stereocenters. The third-order valence-corrected chi connectivity index (χ3v) is 4.57. The van der Waals surface area contributed by atoms with Gasteiger partial charge in [0.2, 0.25) is 5.78 Å². The van der Waals surface area contributed by atoms with Gasteiger partial charge in [0.15, 0.2) is 0 Å². The smallest absolute Gasteiger partial charge is 0.233 e. The number of imidazole rings is 1. The fraction of sp³-hybridized carbons (Fsp3) is 0.571. The second-order valence-corrected chi connectivity index (χ2v) is 5.82. The van der Waals surface area contributed by atoms with E-state index in [9.17, 15) is 5.11 Å². The summed E-state index contributed by atoms with van der Waals surface area (Å²) in [6, 6.07) is 1.91. The fourth-order valence-corrected chi connectivity index (χ4v) is 3.64. The molecular weight excluding hydrogens is 240 g/mol. The van der Waals surface area contributed by atoms with Gasteiger partial charge in [-0.3, -0.25) is 9.30 Å². The molecule has 0 amide bonds. The number of aliphatic hydroxyl groups is 1. The van der Waals surface area contributed by atoms with Crippen LogP contribution in [0.25, 0.3) is 5.78 Å². The number of hydrogen-bond donors (Lipinski definition) is 1. The number of fused-ring (bicyclic) bond motifs is 2. The number of nitrogens with zero attached hydrogens (tertiary/aromatic N) is 4. The molecule has 4 rings (SSSR count). The van der Waals surface area contributed by atoms with Gasteiger partial charge < -0.3 is 5.11 Å². The molecule has 1 aliphatic heterocycles. The van der Waals surface area contributed by atoms with Crippen LogP contribution in [-0.2, 0) is 6.54 Å². The Labute approximate surface area is 111 Å². The zero-order valence-corrected chi connectivity index (χ0v) is 10.8. The maximum absolute atomic E-state index is 9.94. The first-order valence-corrected chi connectivity index (χ1v) is 6.98. The van der Waals surface area contributed by atoms with Gasteiger partial charge in [0, 0.05) is 44.1 Å². The Morgan fingerprint density at radius 1 is 1.32 bits per heavy atom. The molecule has 1 aliphatic carbocycles. The minimum atomic E-state index is -0.0854. The molecule has 100 valence electrons. The van der Waals surface area contributed by atoms with Crippen molar-refractivity contribution in [3.8, 4) is 0 Å². The Kier molecular flexibility index (Phi) is 2.56. The molecule has 1 saturated heterocycles. The molecule has 3 unspecified atom stereocenters. The molecule has 2 aromatic heterocycles. The van der Waals surface area contributed by atoms with Crippen molar-refractivity contribution in [1.29, 1.82) is 0 Å². The molecule has 3 heterocycles. The zero-order chi connectivity index (χ0) is 12.8. The first-order chi connectivity index (χ1) is 9.29. The topological polar surface area (TPSA) is 53.7 Å². The highest BCUT2D eigenvalue weighted by Crippen LogP contribution is 2.38. The van der Waals surface area contributed by atoms with Crippen LogP contribution in [0.5, 0.6) is 0 Å². The predicted molar refractivity (Wildman–Crippen MR) is 70.5 cm³/mol. The van der Waals surface area contributed by atoms with Crippen LogP contribution in [0.15, 0.2) is 24.7 Å². The van der Waals surface area contributed by atoms with Crippen LogP contribution in [0.1, 0.15) is 18.5 Å². The molecule has 2 fully saturated rings. The van der Waals surface area contributed by atoms with Crippen LogP contribution in [0, 0.1) is 11.8 Å². The van der Waals surface area contributed by atoms with Crippen LogP contribution >= 0.6 is 0 Å². The quantitative estimate of drug-likeness (QED) is 0.870. The highest BCUT2D eigenvalue weighted by molar-refractivity contribution is 5.29. The molecule has 1 N–H and O–H groups in total. The monoisotopic (exact) mass is 258 g/mol. The van der Waals surface area contributed by atoms with Crippen LogP contribution < -0.4 is 0 Å². The Hall–Kier alpha value is -1.46. The third-order valence-electron chi connectivity index (χ3n) is 4.57. The number of aliphatic hydroxyl groups excluding tert-OH is 1. The van der Waals surface area contributed by atoms with E-state index < -0.39 is 0 Å². The van der Waals surface area contributed by atoms with Crippen molar-refractivity contribution in [2.45, 2.75) is 25.5 Å². The Balaban J connectivity index is 1.50. The van der Waals surface area contributed by atoms with E-state index in [4.69, 9.17) is 0 Å². The number of likely N-dealkylation sites (tertiary alicyclic amines) is 1. The fourth-order valence-electron chi connectivity index (χ4n) is 3.64. The highest BCUT2D eigenvalue weighted by atomic mass is 16.3. The van der Waals surface area contributed by atoms with E-state index in [-0.39, 0.29) is 6.10 Å². The molecular formula is C14H18N4O. The summed E-state index contributed by atoms with van der Waals surface area (Å²) in [5, 5.41) is 9.94. The van der Waals surface area contributed by atoms with Gasteiger partial charge in [0.25, 0.3) is 0 Å². The van der Waals surface area contributed by atoms with Gasteiger partial charge in [-0.25, -0.2) is 9.97 Å². The first kappa shape index (κ1) is 11.4. The summed E-state index contributed by atoms with van der Waals surface area (Å²) in [6.07, 6.45) is 7.87. The summed E-state index contributed by atoms with van der Waals surface area (Å²) < 4.78 is 1.96. The highest BCUT2D eigenvalue weighted by Gasteiger charge is 2.41. The number of aromatic nitrogens is 3. The molecule has 0 bridgehead atoms. The van der Waals surface area contributed by atoms with Crippen molar-refractivity contribution >= 4 is 5.78 Å². The maximum Gasteiger partial charge on any atom is 0.233 e. The van der Waals surface area contributed by atoms with Crippen molar-refractivity contribution in [2.75, 3.05) is 13.1 Å². The van der Waals surface area contributed by atoms with Crippen LogP contribution in [0.4, 0.5) is 0 Å². The van der Waals surface area contributed by atoms with E-state index in [1.54, 1.807) is 6.20 Å². The van der Waals surface area contributed by atoms with Crippen molar-refractivity contribution in [3.05, 3.63) is 30.4 Å². The van der Waals surface area contributed by atoms with Crippen molar-refractivity contribution < 1.29 is 5.11 Å². The Bertz CT molecular complexity index is 563. The maximum atomic E-state index is 9.94. The lowest BCUT2D eigenvalue weighted by molar-refractivity contribution is 0.123. The SMILES string of the molecule is OC1CCC2CN(Cc3cn4cccnc4n3)CC12. The third kappa shape index (κ3) is 1.93. The second-order valence-electron chi connectivity index (χ2n) is 5.82. The first-order valence-electron chi connectivity index (χ1n) is 6.98. The molecule has 1 saturated carbocycles. The lowest BCUT2D eigenvalue weighted by atomic mass is 10.00. The molecule has 5 nitrogen and oxygen atoms in total. The van der Waals surface area contributed by atoms with E-state index in [2.05, 4.69) is 14.9 Å². The molecule has 0 spiro atoms. The van der Waals surface area contributed by atoms with E-state index in [1.165, 1.54) is 6.42 Å². The summed E-state index contributed by atoms with van der Waals surface area (Å²) in [5.74, 6) is 1.93. The van der Waals surface area contributed by atoms with Crippen LogP contribution in [0.2, 0.25) is 0 Å². The largest absolute Gasteiger partial charge is 0.393 e. The molecule has 19 heavy (non-hydrogen) atoms. The van der Waals surface area contributed by atoms with Gasteiger partial charge in [-0.1, -0.05) is 0 Å². The van der Waals surface area contributed by atoms with Gasteiger partial charge in [0.05, 0.1) is 11.8 Å². The standard InChI is InChI=1S/C14H18N4O/c19-13-3-2-10-6-17(9-12(10)13)7-11-8-18-5-1-4-15-14(18)16-11/h1,4-5,8,10,12-13,19H,2-3,6-7,9H2. The van der Waals surface area contributed by atoms with Crippen LogP contribution in [-0.4, -0.2) is 43.6 Å². The Morgan fingerprint density at radius 3 is 3.11 bits per heavy atom. The van der Waals surface area contributed by atoms with Crippen molar-refractivity contribution in [1.82, 2.24) is 19.3 Å². The van der Waals surface area contributed by atoms with E-state index in [1.807, 2.05) is 22.9 Å². The number of rotatable bonds is 2. The van der Waals surface area contributed by atoms with Gasteiger partial charge in [0.1, 0.15) is 0 Å². The molecule has 0 aromatic carbocycles. The summed E-state index contributed by atoms with van der Waals surface area (Å²) >= 11 is 0. The van der Waals surface area contributed by atoms with Gasteiger partial charge in [-0.05, 0) is 24.8 Å². The Morgan fingerprint density at radius 2 is 2.26 bits per heavy atom. The van der Waals surface area contributed by atoms with E-state index in [0.717, 1.165) is 37.5 Å². The molecule has 0 radical (unpaired) electrons. The predicted octanol–water partition coefficient (Wildman–Crippen LogP) is 0.932. The van der Waals surface area contributed by atoms with Gasteiger partial charge in [-0.15, -0.1) is 0 Å². The van der Waals surface area contributed by atoms with E-state index in [0.29, 0.717) is 11.8 Å². The van der Waals surface area contributed by atoms with Crippen molar-refractivity contribution in [2.24, 2.45) is 11.8 Å². The van der Waals surface area contributed by atoms with Crippen molar-refractivity contribution in [3.63, 3.8) is 0 Å². The second kappa shape index (κ2) is 4.28. The minimum absolute atomic E-state index is 0.0854. The number of hydrogen-bond acceptors (Lipinski definition) is 4. The lowest BCUT2D eigenvalue weighted by Crippen LogP contribution is -2.24. The molecule has 5 heteroatoms. The summed E-state index contributed by atoms with van der Waals surface area (Å²) in [6.45, 7) is 2.97.